The highest BCUT2D eigenvalue weighted by atomic mass is 15.1. The maximum atomic E-state index is 8.50. The molecule has 0 aliphatic carbocycles. The molecule has 0 bridgehead atoms. The van der Waals surface area contributed by atoms with Crippen LogP contribution in [-0.2, 0) is 0 Å². The van der Waals surface area contributed by atoms with Gasteiger partial charge in [0.05, 0.1) is 17.9 Å². The fraction of sp³-hybridized carbons (Fsp3) is 0. The quantitative estimate of drug-likeness (QED) is 0.139. The maximum Gasteiger partial charge on any atom is 0.0629 e. The molecule has 0 aliphatic rings. The van der Waals surface area contributed by atoms with E-state index in [1.165, 1.54) is 49.0 Å². The summed E-state index contributed by atoms with van der Waals surface area (Å²) in [5.41, 5.74) is 13.9. The van der Waals surface area contributed by atoms with Gasteiger partial charge < -0.3 is 9.47 Å². The highest BCUT2D eigenvalue weighted by Gasteiger charge is 2.20. The molecule has 11 aromatic carbocycles. The van der Waals surface area contributed by atoms with Crippen LogP contribution in [0.2, 0.25) is 0 Å². The van der Waals surface area contributed by atoms with Crippen molar-refractivity contribution in [2.75, 3.05) is 4.90 Å². The Morgan fingerprint density at radius 2 is 0.734 bits per heavy atom. The van der Waals surface area contributed by atoms with Crippen LogP contribution in [0.1, 0.15) is 6.85 Å². The summed E-state index contributed by atoms with van der Waals surface area (Å²) in [6.07, 6.45) is 0. The van der Waals surface area contributed by atoms with Crippen molar-refractivity contribution >= 4 is 60.4 Å². The summed E-state index contributed by atoms with van der Waals surface area (Å²) in [6, 6.07) is 77.4. The molecule has 0 amide bonds. The van der Waals surface area contributed by atoms with Crippen LogP contribution in [0.3, 0.4) is 0 Å². The molecule has 0 fully saturated rings. The van der Waals surface area contributed by atoms with Crippen LogP contribution < -0.4 is 4.90 Å². The molecule has 64 heavy (non-hydrogen) atoms. The first-order valence-electron chi connectivity index (χ1n) is 24.1. The third-order valence-corrected chi connectivity index (χ3v) is 12.5. The first kappa shape index (κ1) is 32.3. The number of benzene rings is 11. The molecule has 0 N–H and O–H groups in total. The SMILES string of the molecule is [2H]c1c([2H])c([2H])c(-c2ccc(N(c3ccccc3)c3ccc(-c4ccc(-c5ccc6c(c5)c5c7ccccc7c7ccccc7c5n6-c5ccc(-c6ccccc6)cc5)cc4)cc3)cc2)c([2H])c1[2H]. The Kier molecular flexibility index (Phi) is 7.96. The molecule has 2 nitrogen and oxygen atoms in total. The smallest absolute Gasteiger partial charge is 0.0629 e. The number of para-hydroxylation sites is 1. The largest absolute Gasteiger partial charge is 0.311 e. The molecule has 0 atom stereocenters. The number of aromatic nitrogens is 1. The van der Waals surface area contributed by atoms with E-state index in [9.17, 15) is 0 Å². The minimum Gasteiger partial charge on any atom is -0.311 e. The van der Waals surface area contributed by atoms with E-state index < -0.39 is 6.04 Å². The molecule has 12 rings (SSSR count). The van der Waals surface area contributed by atoms with Gasteiger partial charge in [0.25, 0.3) is 0 Å². The number of rotatable bonds is 8. The van der Waals surface area contributed by atoms with Crippen LogP contribution in [0.25, 0.3) is 93.5 Å². The van der Waals surface area contributed by atoms with E-state index >= 15 is 0 Å². The summed E-state index contributed by atoms with van der Waals surface area (Å²) in [4.78, 5) is 2.15. The fourth-order valence-electron chi connectivity index (χ4n) is 9.41. The van der Waals surface area contributed by atoms with Gasteiger partial charge in [-0.1, -0.05) is 194 Å². The Morgan fingerprint density at radius 1 is 0.312 bits per heavy atom. The van der Waals surface area contributed by atoms with E-state index in [2.05, 4.69) is 191 Å². The lowest BCUT2D eigenvalue weighted by Crippen LogP contribution is -2.09. The normalized spacial score (nSPS) is 12.5. The number of hydrogen-bond acceptors (Lipinski definition) is 1. The molecule has 0 saturated carbocycles. The van der Waals surface area contributed by atoms with Gasteiger partial charge in [0.2, 0.25) is 0 Å². The molecule has 1 heterocycles. The monoisotopic (exact) mass is 819 g/mol. The predicted molar refractivity (Wildman–Crippen MR) is 272 cm³/mol. The number of nitrogens with zero attached hydrogens (tertiary/aromatic N) is 2. The van der Waals surface area contributed by atoms with Crippen LogP contribution >= 0.6 is 0 Å². The van der Waals surface area contributed by atoms with Gasteiger partial charge in [-0.05, 0) is 121 Å². The van der Waals surface area contributed by atoms with E-state index in [1.54, 1.807) is 0 Å². The lowest BCUT2D eigenvalue weighted by Gasteiger charge is -2.26. The van der Waals surface area contributed by atoms with Crippen molar-refractivity contribution in [2.45, 2.75) is 0 Å². The molecule has 1 aromatic heterocycles. The summed E-state index contributed by atoms with van der Waals surface area (Å²) >= 11 is 0. The Morgan fingerprint density at radius 3 is 1.34 bits per heavy atom. The van der Waals surface area contributed by atoms with Crippen LogP contribution in [0, 0.1) is 0 Å². The summed E-state index contributed by atoms with van der Waals surface area (Å²) < 4.78 is 43.8. The van der Waals surface area contributed by atoms with Crippen molar-refractivity contribution in [3.63, 3.8) is 0 Å². The molecular formula is C62H42N2. The van der Waals surface area contributed by atoms with E-state index in [0.29, 0.717) is 5.56 Å². The molecule has 0 spiro atoms. The van der Waals surface area contributed by atoms with Crippen LogP contribution in [0.5, 0.6) is 0 Å². The minimum atomic E-state index is -0.400. The van der Waals surface area contributed by atoms with E-state index in [1.807, 2.05) is 42.5 Å². The zero-order valence-corrected chi connectivity index (χ0v) is 34.8. The summed E-state index contributed by atoms with van der Waals surface area (Å²) in [5, 5.41) is 7.41. The van der Waals surface area contributed by atoms with Crippen LogP contribution in [0.15, 0.2) is 255 Å². The highest BCUT2D eigenvalue weighted by Crippen LogP contribution is 2.44. The lowest BCUT2D eigenvalue weighted by atomic mass is 9.95. The van der Waals surface area contributed by atoms with E-state index in [0.717, 1.165) is 50.5 Å². The number of hydrogen-bond donors (Lipinski definition) is 0. The van der Waals surface area contributed by atoms with Crippen LogP contribution in [-0.4, -0.2) is 4.57 Å². The van der Waals surface area contributed by atoms with Crippen molar-refractivity contribution in [3.8, 4) is 50.2 Å². The summed E-state index contributed by atoms with van der Waals surface area (Å²) in [5.74, 6) is 0. The number of fused-ring (bicyclic) bond motifs is 8. The van der Waals surface area contributed by atoms with Gasteiger partial charge in [-0.2, -0.15) is 0 Å². The fourth-order valence-corrected chi connectivity index (χ4v) is 9.41. The highest BCUT2D eigenvalue weighted by molar-refractivity contribution is 6.32. The Balaban J connectivity index is 0.899. The number of anilines is 3. The Bertz CT molecular complexity index is 3880. The zero-order valence-electron chi connectivity index (χ0n) is 39.8. The lowest BCUT2D eigenvalue weighted by molar-refractivity contribution is 1.19. The topological polar surface area (TPSA) is 8.17 Å². The van der Waals surface area contributed by atoms with Crippen LogP contribution in [0.4, 0.5) is 17.1 Å². The van der Waals surface area contributed by atoms with Gasteiger partial charge in [0.15, 0.2) is 0 Å². The first-order chi connectivity index (χ1) is 33.8. The molecule has 300 valence electrons. The van der Waals surface area contributed by atoms with E-state index in [-0.39, 0.29) is 29.7 Å². The minimum absolute atomic E-state index is 0.186. The van der Waals surface area contributed by atoms with Crippen molar-refractivity contribution in [1.82, 2.24) is 4.57 Å². The molecular weight excluding hydrogens is 773 g/mol. The van der Waals surface area contributed by atoms with Gasteiger partial charge in [-0.15, -0.1) is 0 Å². The first-order valence-corrected chi connectivity index (χ1v) is 21.6. The molecule has 2 heteroatoms. The molecule has 0 saturated heterocycles. The Labute approximate surface area is 380 Å². The molecule has 0 unspecified atom stereocenters. The summed E-state index contributed by atoms with van der Waals surface area (Å²) in [7, 11) is 0. The second kappa shape index (κ2) is 15.8. The van der Waals surface area contributed by atoms with Crippen molar-refractivity contribution in [2.24, 2.45) is 0 Å². The second-order valence-corrected chi connectivity index (χ2v) is 16.1. The van der Waals surface area contributed by atoms with Gasteiger partial charge in [0, 0.05) is 38.9 Å². The van der Waals surface area contributed by atoms with Gasteiger partial charge in [-0.25, -0.2) is 0 Å². The third kappa shape index (κ3) is 6.52. The average molecular weight is 820 g/mol. The second-order valence-electron chi connectivity index (χ2n) is 16.1. The molecule has 0 aliphatic heterocycles. The van der Waals surface area contributed by atoms with Crippen molar-refractivity contribution in [1.29, 1.82) is 0 Å². The standard InChI is InChI=1S/C62H42N2/c1-4-14-43(15-5-1)46-28-35-52(36-29-46)63(51-18-8-3-9-19-51)53-37-30-48(31-38-53)45-24-26-49(27-25-45)50-34-41-60-59(42-50)61-57-22-12-10-20-55(57)56-21-11-13-23-58(56)62(61)64(60)54-39-32-47(33-40-54)44-16-6-2-7-17-44/h1-42H/i1D,4D,5D,14D,15D. The van der Waals surface area contributed by atoms with Gasteiger partial charge >= 0.3 is 0 Å². The Hall–Kier alpha value is -8.46. The maximum absolute atomic E-state index is 8.50. The zero-order chi connectivity index (χ0) is 46.8. The predicted octanol–water partition coefficient (Wildman–Crippen LogP) is 17.2. The van der Waals surface area contributed by atoms with Gasteiger partial charge in [0.1, 0.15) is 0 Å². The van der Waals surface area contributed by atoms with Crippen molar-refractivity contribution in [3.05, 3.63) is 255 Å². The van der Waals surface area contributed by atoms with Gasteiger partial charge in [-0.3, -0.25) is 0 Å². The summed E-state index contributed by atoms with van der Waals surface area (Å²) in [6.45, 7) is 0. The average Bonchev–Trinajstić information content (AvgIpc) is 3.76. The third-order valence-electron chi connectivity index (χ3n) is 12.5. The molecule has 12 aromatic rings. The van der Waals surface area contributed by atoms with E-state index in [4.69, 9.17) is 6.85 Å². The molecule has 0 radical (unpaired) electrons. The van der Waals surface area contributed by atoms with Crippen molar-refractivity contribution < 1.29 is 6.85 Å².